The minimum atomic E-state index is -2.23. The van der Waals surface area contributed by atoms with E-state index in [0.29, 0.717) is 12.3 Å². The quantitative estimate of drug-likeness (QED) is 0.563. The number of rotatable bonds is 3. The third-order valence-electron chi connectivity index (χ3n) is 0.891. The van der Waals surface area contributed by atoms with Gasteiger partial charge in [-0.2, -0.15) is 0 Å². The van der Waals surface area contributed by atoms with E-state index in [1.54, 1.807) is 0 Å². The molecule has 0 amide bonds. The molecule has 0 saturated heterocycles. The standard InChI is InChI=1S/C6H15NO/c1-5(2)3-6(7)4-8/h5-6,8H,3-4,7H2,1-2H3/i4D2. The van der Waals surface area contributed by atoms with Crippen molar-refractivity contribution in [3.63, 3.8) is 0 Å². The molecule has 0 aromatic rings. The summed E-state index contributed by atoms with van der Waals surface area (Å²) >= 11 is 0. The molecule has 50 valence electrons. The molecule has 0 heterocycles. The molecule has 8 heavy (non-hydrogen) atoms. The first-order chi connectivity index (χ1) is 4.34. The summed E-state index contributed by atoms with van der Waals surface area (Å²) in [4.78, 5) is 0. The van der Waals surface area contributed by atoms with Crippen molar-refractivity contribution in [1.29, 1.82) is 0 Å². The van der Waals surface area contributed by atoms with Crippen LogP contribution in [0.5, 0.6) is 0 Å². The summed E-state index contributed by atoms with van der Waals surface area (Å²) < 4.78 is 13.7. The zero-order valence-electron chi connectivity index (χ0n) is 7.39. The summed E-state index contributed by atoms with van der Waals surface area (Å²) in [6, 6.07) is -0.771. The highest BCUT2D eigenvalue weighted by molar-refractivity contribution is 4.60. The molecular formula is C6H15NO. The number of hydrogen-bond acceptors (Lipinski definition) is 2. The Bertz CT molecular complexity index is 100. The first-order valence-electron chi connectivity index (χ1n) is 3.82. The molecule has 0 radical (unpaired) electrons. The van der Waals surface area contributed by atoms with Crippen molar-refractivity contribution in [2.24, 2.45) is 11.7 Å². The zero-order chi connectivity index (χ0) is 8.36. The minimum absolute atomic E-state index is 0.317. The van der Waals surface area contributed by atoms with Crippen LogP contribution in [0, 0.1) is 5.92 Å². The van der Waals surface area contributed by atoms with E-state index >= 15 is 0 Å². The van der Waals surface area contributed by atoms with E-state index in [2.05, 4.69) is 0 Å². The minimum Gasteiger partial charge on any atom is -0.395 e. The second kappa shape index (κ2) is 3.87. The van der Waals surface area contributed by atoms with Crippen LogP contribution in [0.25, 0.3) is 0 Å². The molecule has 1 unspecified atom stereocenters. The fraction of sp³-hybridized carbons (Fsp3) is 1.00. The molecule has 0 fully saturated rings. The maximum absolute atomic E-state index is 8.74. The Balaban J connectivity index is 3.73. The van der Waals surface area contributed by atoms with Gasteiger partial charge in [0.1, 0.15) is 0 Å². The summed E-state index contributed by atoms with van der Waals surface area (Å²) in [6.07, 6.45) is 0.503. The van der Waals surface area contributed by atoms with Crippen molar-refractivity contribution in [2.75, 3.05) is 6.56 Å². The first kappa shape index (κ1) is 4.77. The molecule has 0 spiro atoms. The average molecular weight is 119 g/mol. The van der Waals surface area contributed by atoms with E-state index in [-0.39, 0.29) is 0 Å². The van der Waals surface area contributed by atoms with E-state index < -0.39 is 12.6 Å². The summed E-state index contributed by atoms with van der Waals surface area (Å²) in [5.41, 5.74) is 5.33. The molecule has 2 heteroatoms. The van der Waals surface area contributed by atoms with Crippen molar-refractivity contribution < 1.29 is 7.85 Å². The molecule has 0 aliphatic carbocycles. The van der Waals surface area contributed by atoms with Crippen LogP contribution in [0.4, 0.5) is 0 Å². The Labute approximate surface area is 53.5 Å². The summed E-state index contributed by atoms with van der Waals surface area (Å²) in [5, 5.41) is 8.74. The molecule has 0 aromatic heterocycles. The smallest absolute Gasteiger partial charge is 0.0582 e. The molecule has 0 bridgehead atoms. The van der Waals surface area contributed by atoms with Crippen LogP contribution in [0.3, 0.4) is 0 Å². The highest BCUT2D eigenvalue weighted by atomic mass is 16.3. The fourth-order valence-electron chi connectivity index (χ4n) is 0.561. The molecule has 3 N–H and O–H groups in total. The van der Waals surface area contributed by atoms with Gasteiger partial charge in [-0.3, -0.25) is 0 Å². The molecule has 2 nitrogen and oxygen atoms in total. The van der Waals surface area contributed by atoms with Gasteiger partial charge < -0.3 is 10.8 Å². The zero-order valence-corrected chi connectivity index (χ0v) is 5.39. The van der Waals surface area contributed by atoms with Gasteiger partial charge in [0.15, 0.2) is 0 Å². The molecule has 0 aromatic carbocycles. The normalized spacial score (nSPS) is 20.1. The van der Waals surface area contributed by atoms with Gasteiger partial charge in [0.2, 0.25) is 0 Å². The monoisotopic (exact) mass is 119 g/mol. The molecule has 0 rings (SSSR count). The van der Waals surface area contributed by atoms with Crippen LogP contribution >= 0.6 is 0 Å². The Morgan fingerprint density at radius 3 is 2.38 bits per heavy atom. The van der Waals surface area contributed by atoms with E-state index in [1.807, 2.05) is 13.8 Å². The van der Waals surface area contributed by atoms with Crippen molar-refractivity contribution >= 4 is 0 Å². The summed E-state index contributed by atoms with van der Waals surface area (Å²) in [5.74, 6) is 0.317. The van der Waals surface area contributed by atoms with Crippen LogP contribution < -0.4 is 5.73 Å². The Morgan fingerprint density at radius 1 is 1.75 bits per heavy atom. The van der Waals surface area contributed by atoms with E-state index in [4.69, 9.17) is 13.6 Å². The highest BCUT2D eigenvalue weighted by Gasteiger charge is 2.01. The van der Waals surface area contributed by atoms with E-state index in [1.165, 1.54) is 0 Å². The predicted molar refractivity (Wildman–Crippen MR) is 34.5 cm³/mol. The Kier molecular flexibility index (Phi) is 2.30. The molecule has 0 aliphatic heterocycles. The van der Waals surface area contributed by atoms with E-state index in [9.17, 15) is 0 Å². The molecular weight excluding hydrogens is 102 g/mol. The average Bonchev–Trinajstić information content (AvgIpc) is 1.60. The van der Waals surface area contributed by atoms with E-state index in [0.717, 1.165) is 0 Å². The van der Waals surface area contributed by atoms with Crippen LogP contribution in [0.2, 0.25) is 0 Å². The van der Waals surface area contributed by atoms with Crippen molar-refractivity contribution in [1.82, 2.24) is 0 Å². The molecule has 0 aliphatic rings. The van der Waals surface area contributed by atoms with Crippen molar-refractivity contribution in [2.45, 2.75) is 26.3 Å². The van der Waals surface area contributed by atoms with Gasteiger partial charge in [-0.1, -0.05) is 13.8 Å². The maximum Gasteiger partial charge on any atom is 0.0582 e. The largest absolute Gasteiger partial charge is 0.395 e. The Hall–Kier alpha value is -0.0800. The van der Waals surface area contributed by atoms with Gasteiger partial charge in [0.05, 0.1) is 9.30 Å². The highest BCUT2D eigenvalue weighted by Crippen LogP contribution is 2.00. The van der Waals surface area contributed by atoms with Crippen molar-refractivity contribution in [3.05, 3.63) is 0 Å². The topological polar surface area (TPSA) is 46.2 Å². The molecule has 0 saturated carbocycles. The number of aliphatic hydroxyl groups is 1. The van der Waals surface area contributed by atoms with Gasteiger partial charge >= 0.3 is 0 Å². The van der Waals surface area contributed by atoms with Gasteiger partial charge in [-0.05, 0) is 12.3 Å². The fourth-order valence-corrected chi connectivity index (χ4v) is 0.561. The number of nitrogens with two attached hydrogens (primary N) is 1. The SMILES string of the molecule is [2H]C([2H])(O)C(N)CC(C)C. The maximum atomic E-state index is 8.74. The lowest BCUT2D eigenvalue weighted by molar-refractivity contribution is 0.250. The number of hydrogen-bond donors (Lipinski definition) is 2. The lowest BCUT2D eigenvalue weighted by Gasteiger charge is -2.09. The van der Waals surface area contributed by atoms with Crippen LogP contribution in [0.1, 0.15) is 23.0 Å². The van der Waals surface area contributed by atoms with Gasteiger partial charge in [-0.25, -0.2) is 0 Å². The molecule has 1 atom stereocenters. The van der Waals surface area contributed by atoms with Gasteiger partial charge in [0.25, 0.3) is 0 Å². The summed E-state index contributed by atoms with van der Waals surface area (Å²) in [6.45, 7) is 1.64. The predicted octanol–water partition coefficient (Wildman–Crippen LogP) is 0.352. The van der Waals surface area contributed by atoms with Gasteiger partial charge in [0, 0.05) is 6.04 Å². The third kappa shape index (κ3) is 4.09. The van der Waals surface area contributed by atoms with Crippen molar-refractivity contribution in [3.8, 4) is 0 Å². The third-order valence-corrected chi connectivity index (χ3v) is 0.891. The van der Waals surface area contributed by atoms with Crippen LogP contribution in [0.15, 0.2) is 0 Å². The first-order valence-corrected chi connectivity index (χ1v) is 2.82. The second-order valence-corrected chi connectivity index (χ2v) is 2.37. The van der Waals surface area contributed by atoms with Crippen LogP contribution in [-0.4, -0.2) is 17.7 Å². The Morgan fingerprint density at radius 2 is 2.25 bits per heavy atom. The van der Waals surface area contributed by atoms with Gasteiger partial charge in [-0.15, -0.1) is 0 Å². The summed E-state index contributed by atoms with van der Waals surface area (Å²) in [7, 11) is 0. The lowest BCUT2D eigenvalue weighted by Crippen LogP contribution is -2.25. The lowest BCUT2D eigenvalue weighted by atomic mass is 10.1. The van der Waals surface area contributed by atoms with Crippen LogP contribution in [-0.2, 0) is 0 Å². The second-order valence-electron chi connectivity index (χ2n) is 2.37.